The first kappa shape index (κ1) is 19.9. The lowest BCUT2D eigenvalue weighted by Gasteiger charge is -2.32. The van der Waals surface area contributed by atoms with Crippen molar-refractivity contribution in [3.8, 4) is 0 Å². The predicted octanol–water partition coefficient (Wildman–Crippen LogP) is 5.76. The molecular weight excluding hydrogens is 482 g/mol. The number of halogens is 3. The molecule has 1 atom stereocenters. The smallest absolute Gasteiger partial charge is 0.228 e. The highest BCUT2D eigenvalue weighted by Gasteiger charge is 2.26. The van der Waals surface area contributed by atoms with E-state index in [1.165, 1.54) is 3.57 Å². The van der Waals surface area contributed by atoms with Gasteiger partial charge in [-0.25, -0.2) is 0 Å². The molecule has 1 unspecified atom stereocenters. The lowest BCUT2D eigenvalue weighted by Crippen LogP contribution is -2.40. The van der Waals surface area contributed by atoms with Crippen molar-refractivity contribution in [2.24, 2.45) is 5.92 Å². The molecular formula is C20H21Cl2IN2O. The number of hydrogen-bond acceptors (Lipinski definition) is 2. The number of hydrogen-bond donors (Lipinski definition) is 1. The summed E-state index contributed by atoms with van der Waals surface area (Å²) in [5.74, 6) is 0.110. The van der Waals surface area contributed by atoms with Gasteiger partial charge >= 0.3 is 0 Å². The molecule has 0 radical (unpaired) electrons. The molecule has 1 heterocycles. The molecule has 1 fully saturated rings. The predicted molar refractivity (Wildman–Crippen MR) is 117 cm³/mol. The fraction of sp³-hybridized carbons (Fsp3) is 0.350. The second-order valence-corrected chi connectivity index (χ2v) is 8.83. The van der Waals surface area contributed by atoms with E-state index >= 15 is 0 Å². The molecule has 0 aromatic heterocycles. The van der Waals surface area contributed by atoms with Crippen molar-refractivity contribution < 1.29 is 4.79 Å². The number of aryl methyl sites for hydroxylation is 1. The number of anilines is 1. The van der Waals surface area contributed by atoms with Gasteiger partial charge in [0.25, 0.3) is 0 Å². The molecule has 3 nitrogen and oxygen atoms in total. The number of nitrogens with one attached hydrogen (secondary N) is 1. The molecule has 2 aromatic rings. The minimum Gasteiger partial charge on any atom is -0.326 e. The quantitative estimate of drug-likeness (QED) is 0.539. The molecule has 138 valence electrons. The summed E-state index contributed by atoms with van der Waals surface area (Å²) in [5, 5.41) is 4.24. The maximum absolute atomic E-state index is 12.7. The molecule has 1 amide bonds. The summed E-state index contributed by atoms with van der Waals surface area (Å²) in [6, 6.07) is 11.8. The zero-order valence-electron chi connectivity index (χ0n) is 14.6. The van der Waals surface area contributed by atoms with E-state index in [9.17, 15) is 4.79 Å². The molecule has 3 rings (SSSR count). The van der Waals surface area contributed by atoms with Gasteiger partial charge < -0.3 is 5.32 Å². The number of rotatable bonds is 4. The zero-order chi connectivity index (χ0) is 18.7. The Labute approximate surface area is 178 Å². The maximum Gasteiger partial charge on any atom is 0.228 e. The first-order valence-electron chi connectivity index (χ1n) is 8.65. The Balaban J connectivity index is 1.62. The Bertz CT molecular complexity index is 812. The van der Waals surface area contributed by atoms with Crippen LogP contribution in [-0.4, -0.2) is 23.9 Å². The van der Waals surface area contributed by atoms with E-state index in [0.717, 1.165) is 49.3 Å². The molecule has 2 aromatic carbocycles. The molecule has 1 aliphatic heterocycles. The molecule has 0 aliphatic carbocycles. The number of piperidine rings is 1. The summed E-state index contributed by atoms with van der Waals surface area (Å²) in [4.78, 5) is 15.0. The maximum atomic E-state index is 12.7. The van der Waals surface area contributed by atoms with Crippen molar-refractivity contribution in [3.63, 3.8) is 0 Å². The highest BCUT2D eigenvalue weighted by atomic mass is 127. The highest BCUT2D eigenvalue weighted by molar-refractivity contribution is 14.1. The first-order valence-corrected chi connectivity index (χ1v) is 10.5. The van der Waals surface area contributed by atoms with Gasteiger partial charge in [-0.15, -0.1) is 0 Å². The Morgan fingerprint density at radius 3 is 2.77 bits per heavy atom. The van der Waals surface area contributed by atoms with Crippen molar-refractivity contribution in [2.45, 2.75) is 26.3 Å². The number of nitrogens with zero attached hydrogens (tertiary/aromatic N) is 1. The Kier molecular flexibility index (Phi) is 6.83. The van der Waals surface area contributed by atoms with Crippen molar-refractivity contribution in [3.05, 3.63) is 61.1 Å². The molecule has 0 spiro atoms. The van der Waals surface area contributed by atoms with E-state index in [1.54, 1.807) is 0 Å². The lowest BCUT2D eigenvalue weighted by molar-refractivity contribution is -0.121. The minimum absolute atomic E-state index is 0.00482. The van der Waals surface area contributed by atoms with Crippen LogP contribution in [-0.2, 0) is 11.3 Å². The van der Waals surface area contributed by atoms with Gasteiger partial charge in [0.05, 0.1) is 16.0 Å². The minimum atomic E-state index is 0.00482. The van der Waals surface area contributed by atoms with Gasteiger partial charge in [-0.05, 0) is 90.4 Å². The third-order valence-electron chi connectivity index (χ3n) is 4.71. The van der Waals surface area contributed by atoms with Crippen molar-refractivity contribution in [1.82, 2.24) is 4.90 Å². The van der Waals surface area contributed by atoms with Gasteiger partial charge in [0.2, 0.25) is 5.91 Å². The molecule has 26 heavy (non-hydrogen) atoms. The average Bonchev–Trinajstić information content (AvgIpc) is 2.61. The van der Waals surface area contributed by atoms with E-state index < -0.39 is 0 Å². The Hall–Kier alpha value is -0.820. The summed E-state index contributed by atoms with van der Waals surface area (Å²) in [6.07, 6.45) is 1.94. The van der Waals surface area contributed by atoms with Gasteiger partial charge in [0.15, 0.2) is 0 Å². The second-order valence-electron chi connectivity index (χ2n) is 6.77. The van der Waals surface area contributed by atoms with Crippen LogP contribution in [0.2, 0.25) is 10.0 Å². The van der Waals surface area contributed by atoms with E-state index in [0.29, 0.717) is 10.0 Å². The van der Waals surface area contributed by atoms with E-state index in [-0.39, 0.29) is 11.8 Å². The summed E-state index contributed by atoms with van der Waals surface area (Å²) < 4.78 is 1.17. The number of likely N-dealkylation sites (tertiary alicyclic amines) is 1. The number of amides is 1. The van der Waals surface area contributed by atoms with Crippen LogP contribution in [0.15, 0.2) is 36.4 Å². The van der Waals surface area contributed by atoms with E-state index in [4.69, 9.17) is 23.2 Å². The molecule has 1 aliphatic rings. The monoisotopic (exact) mass is 502 g/mol. The number of carbonyl (C=O) groups excluding carboxylic acids is 1. The normalized spacial score (nSPS) is 17.9. The van der Waals surface area contributed by atoms with Crippen molar-refractivity contribution in [2.75, 3.05) is 18.4 Å². The lowest BCUT2D eigenvalue weighted by atomic mass is 9.96. The summed E-state index contributed by atoms with van der Waals surface area (Å²) in [5.41, 5.74) is 3.11. The van der Waals surface area contributed by atoms with Crippen LogP contribution in [0.25, 0.3) is 0 Å². The molecule has 1 N–H and O–H groups in total. The molecule has 0 saturated carbocycles. The van der Waals surface area contributed by atoms with Gasteiger partial charge in [0, 0.05) is 22.3 Å². The van der Waals surface area contributed by atoms with Crippen LogP contribution >= 0.6 is 45.8 Å². The largest absolute Gasteiger partial charge is 0.326 e. The SMILES string of the molecule is Cc1cc(I)ccc1NC(=O)C1CCCN(Cc2ccc(Cl)c(Cl)c2)C1. The van der Waals surface area contributed by atoms with Crippen molar-refractivity contribution in [1.29, 1.82) is 0 Å². The van der Waals surface area contributed by atoms with Crippen LogP contribution in [0.3, 0.4) is 0 Å². The fourth-order valence-electron chi connectivity index (χ4n) is 3.31. The third kappa shape index (κ3) is 5.12. The number of benzene rings is 2. The summed E-state index contributed by atoms with van der Waals surface area (Å²) in [7, 11) is 0. The van der Waals surface area contributed by atoms with Crippen LogP contribution in [0.1, 0.15) is 24.0 Å². The van der Waals surface area contributed by atoms with Gasteiger partial charge in [-0.2, -0.15) is 0 Å². The summed E-state index contributed by atoms with van der Waals surface area (Å²) >= 11 is 14.4. The third-order valence-corrected chi connectivity index (χ3v) is 6.12. The van der Waals surface area contributed by atoms with Crippen LogP contribution in [0.5, 0.6) is 0 Å². The van der Waals surface area contributed by atoms with E-state index in [1.807, 2.05) is 37.3 Å². The average molecular weight is 503 g/mol. The standard InChI is InChI=1S/C20H21Cl2IN2O/c1-13-9-16(23)5-7-19(13)24-20(26)15-3-2-8-25(12-15)11-14-4-6-17(21)18(22)10-14/h4-7,9-10,15H,2-3,8,11-12H2,1H3,(H,24,26). The zero-order valence-corrected chi connectivity index (χ0v) is 18.2. The highest BCUT2D eigenvalue weighted by Crippen LogP contribution is 2.26. The topological polar surface area (TPSA) is 32.3 Å². The van der Waals surface area contributed by atoms with E-state index in [2.05, 4.69) is 38.9 Å². The van der Waals surface area contributed by atoms with Crippen LogP contribution in [0.4, 0.5) is 5.69 Å². The van der Waals surface area contributed by atoms with Gasteiger partial charge in [-0.1, -0.05) is 29.3 Å². The Morgan fingerprint density at radius 2 is 2.04 bits per heavy atom. The van der Waals surface area contributed by atoms with Gasteiger partial charge in [0.1, 0.15) is 0 Å². The first-order chi connectivity index (χ1) is 12.4. The van der Waals surface area contributed by atoms with Crippen molar-refractivity contribution >= 4 is 57.4 Å². The second kappa shape index (κ2) is 8.91. The van der Waals surface area contributed by atoms with Crippen LogP contribution in [0, 0.1) is 16.4 Å². The van der Waals surface area contributed by atoms with Crippen LogP contribution < -0.4 is 5.32 Å². The van der Waals surface area contributed by atoms with Gasteiger partial charge in [-0.3, -0.25) is 9.69 Å². The molecule has 6 heteroatoms. The fourth-order valence-corrected chi connectivity index (χ4v) is 4.28. The molecule has 0 bridgehead atoms. The Morgan fingerprint density at radius 1 is 1.23 bits per heavy atom. The molecule has 1 saturated heterocycles. The summed E-state index contributed by atoms with van der Waals surface area (Å²) in [6.45, 7) is 4.56. The number of carbonyl (C=O) groups is 1.